The molecule has 1 aromatic heterocycles. The van der Waals surface area contributed by atoms with Crippen LogP contribution in [0.4, 0.5) is 4.39 Å². The first-order valence-electron chi connectivity index (χ1n) is 8.60. The largest absolute Gasteiger partial charge is 0.452 e. The first-order chi connectivity index (χ1) is 13.6. The summed E-state index contributed by atoms with van der Waals surface area (Å²) in [6, 6.07) is 19.1. The molecule has 3 rings (SSSR count). The van der Waals surface area contributed by atoms with Crippen molar-refractivity contribution in [2.75, 3.05) is 6.61 Å². The maximum atomic E-state index is 13.5. The van der Waals surface area contributed by atoms with Crippen LogP contribution in [-0.2, 0) is 14.3 Å². The number of hydrogen-bond donors (Lipinski definition) is 1. The van der Waals surface area contributed by atoms with E-state index in [-0.39, 0.29) is 11.6 Å². The number of nitrogens with one attached hydrogen (secondary N) is 1. The molecule has 0 radical (unpaired) electrons. The molecule has 0 saturated heterocycles. The first-order valence-corrected chi connectivity index (χ1v) is 9.48. The summed E-state index contributed by atoms with van der Waals surface area (Å²) < 4.78 is 18.5. The number of hydrogen-bond acceptors (Lipinski definition) is 4. The predicted molar refractivity (Wildman–Crippen MR) is 107 cm³/mol. The van der Waals surface area contributed by atoms with Gasteiger partial charge in [-0.25, -0.2) is 9.18 Å². The minimum atomic E-state index is -0.717. The van der Waals surface area contributed by atoms with Crippen LogP contribution in [0.5, 0.6) is 0 Å². The molecule has 1 atom stereocenters. The fourth-order valence-electron chi connectivity index (χ4n) is 2.58. The van der Waals surface area contributed by atoms with E-state index in [1.54, 1.807) is 12.1 Å². The average molecular weight is 395 g/mol. The van der Waals surface area contributed by atoms with E-state index in [0.29, 0.717) is 0 Å². The van der Waals surface area contributed by atoms with Gasteiger partial charge in [0.1, 0.15) is 5.82 Å². The third kappa shape index (κ3) is 5.37. The monoisotopic (exact) mass is 395 g/mol. The summed E-state index contributed by atoms with van der Waals surface area (Å²) in [6.45, 7) is -0.421. The number of thiophene rings is 1. The van der Waals surface area contributed by atoms with E-state index in [1.165, 1.54) is 29.5 Å². The Morgan fingerprint density at radius 3 is 2.50 bits per heavy atom. The van der Waals surface area contributed by atoms with Crippen molar-refractivity contribution in [1.82, 2.24) is 5.32 Å². The predicted octanol–water partition coefficient (Wildman–Crippen LogP) is 4.35. The van der Waals surface area contributed by atoms with Gasteiger partial charge in [-0.3, -0.25) is 4.79 Å². The van der Waals surface area contributed by atoms with Gasteiger partial charge in [0.05, 0.1) is 6.04 Å². The Bertz CT molecular complexity index is 955. The Morgan fingerprint density at radius 2 is 1.79 bits per heavy atom. The molecule has 0 aliphatic heterocycles. The number of ether oxygens (including phenoxy) is 1. The molecule has 142 valence electrons. The van der Waals surface area contributed by atoms with Crippen LogP contribution < -0.4 is 5.32 Å². The minimum Gasteiger partial charge on any atom is -0.452 e. The first kappa shape index (κ1) is 19.5. The Morgan fingerprint density at radius 1 is 1.04 bits per heavy atom. The highest BCUT2D eigenvalue weighted by molar-refractivity contribution is 7.10. The van der Waals surface area contributed by atoms with Gasteiger partial charge >= 0.3 is 5.97 Å². The zero-order valence-electron chi connectivity index (χ0n) is 14.9. The maximum absolute atomic E-state index is 13.5. The standard InChI is InChI=1S/C22H18FNO3S/c23-18-10-5-4-7-16(18)12-13-21(26)27-15-20(25)24-22(19-11-6-14-28-19)17-8-2-1-3-9-17/h1-14,22H,15H2,(H,24,25)/b13-12+/t22-/m0/s1. The highest BCUT2D eigenvalue weighted by Gasteiger charge is 2.18. The van der Waals surface area contributed by atoms with Crippen LogP contribution in [0.15, 0.2) is 78.2 Å². The number of carbonyl (C=O) groups is 2. The molecule has 6 heteroatoms. The summed E-state index contributed by atoms with van der Waals surface area (Å²) in [5, 5.41) is 4.82. The fourth-order valence-corrected chi connectivity index (χ4v) is 3.38. The van der Waals surface area contributed by atoms with Crippen molar-refractivity contribution in [3.63, 3.8) is 0 Å². The highest BCUT2D eigenvalue weighted by atomic mass is 32.1. The lowest BCUT2D eigenvalue weighted by Gasteiger charge is -2.18. The van der Waals surface area contributed by atoms with Gasteiger partial charge < -0.3 is 10.1 Å². The van der Waals surface area contributed by atoms with Crippen LogP contribution >= 0.6 is 11.3 Å². The Hall–Kier alpha value is -3.25. The normalized spacial score (nSPS) is 11.9. The van der Waals surface area contributed by atoms with E-state index in [1.807, 2.05) is 47.8 Å². The summed E-state index contributed by atoms with van der Waals surface area (Å²) in [6.07, 6.45) is 2.41. The molecule has 1 amide bonds. The molecule has 1 heterocycles. The summed E-state index contributed by atoms with van der Waals surface area (Å²) in [5.41, 5.74) is 1.20. The summed E-state index contributed by atoms with van der Waals surface area (Å²) in [7, 11) is 0. The van der Waals surface area contributed by atoms with Gasteiger partial charge in [0.25, 0.3) is 5.91 Å². The lowest BCUT2D eigenvalue weighted by atomic mass is 10.1. The van der Waals surface area contributed by atoms with Crippen molar-refractivity contribution in [2.45, 2.75) is 6.04 Å². The number of amides is 1. The van der Waals surface area contributed by atoms with Gasteiger partial charge in [-0.1, -0.05) is 54.6 Å². The van der Waals surface area contributed by atoms with E-state index in [4.69, 9.17) is 4.74 Å². The van der Waals surface area contributed by atoms with Gasteiger partial charge in [-0.2, -0.15) is 0 Å². The molecule has 0 unspecified atom stereocenters. The van der Waals surface area contributed by atoms with Gasteiger partial charge in [0, 0.05) is 16.5 Å². The quantitative estimate of drug-likeness (QED) is 0.478. The second-order valence-corrected chi connectivity index (χ2v) is 6.87. The molecule has 1 N–H and O–H groups in total. The number of halogens is 1. The maximum Gasteiger partial charge on any atom is 0.331 e. The van der Waals surface area contributed by atoms with Gasteiger partial charge in [-0.05, 0) is 29.2 Å². The zero-order valence-corrected chi connectivity index (χ0v) is 15.7. The van der Waals surface area contributed by atoms with Crippen molar-refractivity contribution in [2.24, 2.45) is 0 Å². The third-order valence-electron chi connectivity index (χ3n) is 3.92. The van der Waals surface area contributed by atoms with Crippen LogP contribution in [0.2, 0.25) is 0 Å². The SMILES string of the molecule is O=C(COC(=O)/C=C/c1ccccc1F)N[C@@H](c1ccccc1)c1cccs1. The molecule has 2 aromatic carbocycles. The topological polar surface area (TPSA) is 55.4 Å². The molecule has 4 nitrogen and oxygen atoms in total. The zero-order chi connectivity index (χ0) is 19.8. The average Bonchev–Trinajstić information content (AvgIpc) is 3.25. The lowest BCUT2D eigenvalue weighted by Crippen LogP contribution is -2.32. The molecular weight excluding hydrogens is 377 g/mol. The van der Waals surface area contributed by atoms with Crippen molar-refractivity contribution in [3.05, 3.63) is 100 Å². The van der Waals surface area contributed by atoms with Crippen LogP contribution in [0, 0.1) is 5.82 Å². The summed E-state index contributed by atoms with van der Waals surface area (Å²) >= 11 is 1.53. The number of rotatable bonds is 7. The third-order valence-corrected chi connectivity index (χ3v) is 4.85. The Balaban J connectivity index is 1.58. The molecule has 0 spiro atoms. The second-order valence-electron chi connectivity index (χ2n) is 5.89. The molecule has 0 aliphatic carbocycles. The van der Waals surface area contributed by atoms with Crippen molar-refractivity contribution < 1.29 is 18.7 Å². The van der Waals surface area contributed by atoms with E-state index in [0.717, 1.165) is 16.5 Å². The van der Waals surface area contributed by atoms with Crippen LogP contribution in [0.3, 0.4) is 0 Å². The van der Waals surface area contributed by atoms with Crippen LogP contribution in [-0.4, -0.2) is 18.5 Å². The van der Waals surface area contributed by atoms with Crippen molar-refractivity contribution >= 4 is 29.3 Å². The lowest BCUT2D eigenvalue weighted by molar-refractivity contribution is -0.143. The van der Waals surface area contributed by atoms with E-state index in [9.17, 15) is 14.0 Å². The highest BCUT2D eigenvalue weighted by Crippen LogP contribution is 2.25. The molecule has 0 saturated carbocycles. The van der Waals surface area contributed by atoms with Gasteiger partial charge in [0.15, 0.2) is 6.61 Å². The minimum absolute atomic E-state index is 0.269. The summed E-state index contributed by atoms with van der Waals surface area (Å²) in [4.78, 5) is 25.1. The molecular formula is C22H18FNO3S. The van der Waals surface area contributed by atoms with Crippen LogP contribution in [0.1, 0.15) is 22.0 Å². The smallest absolute Gasteiger partial charge is 0.331 e. The molecule has 0 aliphatic rings. The molecule has 3 aromatic rings. The Kier molecular flexibility index (Phi) is 6.70. The number of carbonyl (C=O) groups excluding carboxylic acids is 2. The van der Waals surface area contributed by atoms with Gasteiger partial charge in [0.2, 0.25) is 0 Å². The fraction of sp³-hybridized carbons (Fsp3) is 0.0909. The second kappa shape index (κ2) is 9.62. The molecule has 0 fully saturated rings. The van der Waals surface area contributed by atoms with E-state index >= 15 is 0 Å². The van der Waals surface area contributed by atoms with Crippen LogP contribution in [0.25, 0.3) is 6.08 Å². The van der Waals surface area contributed by atoms with Crippen molar-refractivity contribution in [3.8, 4) is 0 Å². The summed E-state index contributed by atoms with van der Waals surface area (Å²) in [5.74, 6) is -1.58. The number of esters is 1. The Labute approximate surface area is 166 Å². The van der Waals surface area contributed by atoms with E-state index < -0.39 is 24.3 Å². The van der Waals surface area contributed by atoms with Gasteiger partial charge in [-0.15, -0.1) is 11.3 Å². The van der Waals surface area contributed by atoms with Crippen molar-refractivity contribution in [1.29, 1.82) is 0 Å². The molecule has 0 bridgehead atoms. The molecule has 28 heavy (non-hydrogen) atoms. The van der Waals surface area contributed by atoms with E-state index in [2.05, 4.69) is 5.32 Å². The number of benzene rings is 2.